The Morgan fingerprint density at radius 3 is 2.40 bits per heavy atom. The average molecular weight is 592 g/mol. The van der Waals surface area contributed by atoms with E-state index in [1.54, 1.807) is 29.2 Å². The van der Waals surface area contributed by atoms with E-state index in [0.717, 1.165) is 27.7 Å². The smallest absolute Gasteiger partial charge is 0.240 e. The number of piperazine rings is 1. The lowest BCUT2D eigenvalue weighted by molar-refractivity contribution is -0.311. The number of rotatable bonds is 11. The molecule has 1 aliphatic rings. The van der Waals surface area contributed by atoms with E-state index in [1.165, 1.54) is 24.3 Å². The van der Waals surface area contributed by atoms with Gasteiger partial charge in [-0.2, -0.15) is 0 Å². The van der Waals surface area contributed by atoms with E-state index in [1.807, 2.05) is 37.3 Å². The summed E-state index contributed by atoms with van der Waals surface area (Å²) >= 11 is 0. The Labute approximate surface area is 244 Å². The fraction of sp³-hybridized carbons (Fsp3) is 0.290. The first kappa shape index (κ1) is 29.6. The summed E-state index contributed by atoms with van der Waals surface area (Å²) in [4.78, 5) is 20.3. The SMILES string of the molecule is Cc1cc(COc2ccc(S(=O)(=O)NCC(C(=O)[O-])N3CCN(Cc4ccc(F)cc4)CC3)cc2)c2ccccc2n1. The van der Waals surface area contributed by atoms with Crippen LogP contribution in [0.5, 0.6) is 5.75 Å². The largest absolute Gasteiger partial charge is 0.548 e. The maximum Gasteiger partial charge on any atom is 0.240 e. The van der Waals surface area contributed by atoms with Crippen molar-refractivity contribution < 1.29 is 27.4 Å². The molecule has 0 radical (unpaired) electrons. The number of benzene rings is 3. The van der Waals surface area contributed by atoms with E-state index in [-0.39, 0.29) is 17.3 Å². The average Bonchev–Trinajstić information content (AvgIpc) is 2.98. The summed E-state index contributed by atoms with van der Waals surface area (Å²) in [5.74, 6) is -1.14. The first-order valence-electron chi connectivity index (χ1n) is 13.7. The van der Waals surface area contributed by atoms with Gasteiger partial charge < -0.3 is 14.6 Å². The maximum atomic E-state index is 13.2. The van der Waals surface area contributed by atoms with Crippen LogP contribution >= 0.6 is 0 Å². The van der Waals surface area contributed by atoms with Crippen molar-refractivity contribution in [3.05, 3.63) is 102 Å². The van der Waals surface area contributed by atoms with Crippen molar-refractivity contribution in [1.82, 2.24) is 19.5 Å². The van der Waals surface area contributed by atoms with Gasteiger partial charge in [-0.25, -0.2) is 17.5 Å². The van der Waals surface area contributed by atoms with Crippen molar-refractivity contribution in [3.8, 4) is 5.75 Å². The number of pyridine rings is 1. The summed E-state index contributed by atoms with van der Waals surface area (Å²) < 4.78 is 47.5. The number of carboxylic acid groups (broad SMARTS) is 1. The zero-order valence-electron chi connectivity index (χ0n) is 23.2. The van der Waals surface area contributed by atoms with Crippen LogP contribution in [0.15, 0.2) is 83.8 Å². The van der Waals surface area contributed by atoms with Crippen molar-refractivity contribution in [3.63, 3.8) is 0 Å². The van der Waals surface area contributed by atoms with E-state index in [4.69, 9.17) is 4.74 Å². The summed E-state index contributed by atoms with van der Waals surface area (Å²) in [6.45, 7) is 4.54. The van der Waals surface area contributed by atoms with E-state index in [2.05, 4.69) is 14.6 Å². The Morgan fingerprint density at radius 1 is 1.02 bits per heavy atom. The minimum absolute atomic E-state index is 0.00118. The second-order valence-electron chi connectivity index (χ2n) is 10.3. The number of sulfonamides is 1. The van der Waals surface area contributed by atoms with Gasteiger partial charge in [0.05, 0.1) is 22.4 Å². The molecule has 5 rings (SSSR count). The number of nitrogens with zero attached hydrogens (tertiary/aromatic N) is 3. The zero-order valence-corrected chi connectivity index (χ0v) is 24.0. The topological polar surface area (TPSA) is 115 Å². The summed E-state index contributed by atoms with van der Waals surface area (Å²) in [6, 6.07) is 20.9. The molecule has 1 fully saturated rings. The highest BCUT2D eigenvalue weighted by molar-refractivity contribution is 7.89. The molecule has 1 aliphatic heterocycles. The summed E-state index contributed by atoms with van der Waals surface area (Å²) in [7, 11) is -3.97. The lowest BCUT2D eigenvalue weighted by atomic mass is 10.1. The third kappa shape index (κ3) is 7.29. The molecule has 220 valence electrons. The van der Waals surface area contributed by atoms with Gasteiger partial charge in [0.2, 0.25) is 10.0 Å². The van der Waals surface area contributed by atoms with Crippen molar-refractivity contribution in [1.29, 1.82) is 0 Å². The van der Waals surface area contributed by atoms with Crippen molar-refractivity contribution in [2.45, 2.75) is 31.0 Å². The molecule has 4 aromatic rings. The predicted octanol–water partition coefficient (Wildman–Crippen LogP) is 2.48. The Balaban J connectivity index is 1.15. The number of carbonyl (C=O) groups excluding carboxylic acids is 1. The number of aliphatic carboxylic acids is 1. The molecule has 0 amide bonds. The monoisotopic (exact) mass is 591 g/mol. The predicted molar refractivity (Wildman–Crippen MR) is 154 cm³/mol. The Bertz CT molecular complexity index is 1640. The number of carbonyl (C=O) groups is 1. The first-order chi connectivity index (χ1) is 20.2. The lowest BCUT2D eigenvalue weighted by Gasteiger charge is -2.39. The van der Waals surface area contributed by atoms with Crippen LogP contribution in [0.3, 0.4) is 0 Å². The van der Waals surface area contributed by atoms with Gasteiger partial charge in [0, 0.05) is 55.9 Å². The fourth-order valence-corrected chi connectivity index (χ4v) is 6.14. The number of hydrogen-bond donors (Lipinski definition) is 1. The minimum atomic E-state index is -3.97. The van der Waals surface area contributed by atoms with Gasteiger partial charge in [-0.05, 0) is 61.0 Å². The number of carboxylic acids is 1. The second kappa shape index (κ2) is 13.0. The molecule has 0 aliphatic carbocycles. The van der Waals surface area contributed by atoms with Crippen LogP contribution in [0, 0.1) is 12.7 Å². The van der Waals surface area contributed by atoms with Crippen LogP contribution < -0.4 is 14.6 Å². The van der Waals surface area contributed by atoms with Crippen LogP contribution in [0.4, 0.5) is 4.39 Å². The molecular formula is C31H32FN4O5S-. The van der Waals surface area contributed by atoms with Gasteiger partial charge in [-0.15, -0.1) is 0 Å². The molecule has 2 heterocycles. The van der Waals surface area contributed by atoms with Crippen LogP contribution in [-0.2, 0) is 28.0 Å². The molecule has 11 heteroatoms. The van der Waals surface area contributed by atoms with E-state index in [9.17, 15) is 22.7 Å². The molecule has 1 aromatic heterocycles. The molecule has 0 saturated carbocycles. The minimum Gasteiger partial charge on any atom is -0.548 e. The molecule has 0 spiro atoms. The third-order valence-electron chi connectivity index (χ3n) is 7.36. The molecule has 1 N–H and O–H groups in total. The number of nitrogens with one attached hydrogen (secondary N) is 1. The molecule has 9 nitrogen and oxygen atoms in total. The van der Waals surface area contributed by atoms with Gasteiger partial charge in [0.1, 0.15) is 18.2 Å². The van der Waals surface area contributed by atoms with Crippen LogP contribution in [0.2, 0.25) is 0 Å². The summed E-state index contributed by atoms with van der Waals surface area (Å²) in [5, 5.41) is 12.9. The number of fused-ring (bicyclic) bond motifs is 1. The van der Waals surface area contributed by atoms with Gasteiger partial charge >= 0.3 is 0 Å². The highest BCUT2D eigenvalue weighted by Gasteiger charge is 2.26. The summed E-state index contributed by atoms with van der Waals surface area (Å²) in [5.41, 5.74) is 3.69. The lowest BCUT2D eigenvalue weighted by Crippen LogP contribution is -2.58. The number of aryl methyl sites for hydroxylation is 1. The number of ether oxygens (including phenoxy) is 1. The normalized spacial score (nSPS) is 15.5. The Morgan fingerprint density at radius 2 is 1.71 bits per heavy atom. The number of para-hydroxylation sites is 1. The number of halogens is 1. The highest BCUT2D eigenvalue weighted by atomic mass is 32.2. The molecule has 0 bridgehead atoms. The van der Waals surface area contributed by atoms with E-state index >= 15 is 0 Å². The van der Waals surface area contributed by atoms with Gasteiger partial charge in [0.15, 0.2) is 0 Å². The Kier molecular flexibility index (Phi) is 9.12. The Hall–Kier alpha value is -3.90. The molecule has 3 aromatic carbocycles. The molecule has 42 heavy (non-hydrogen) atoms. The standard InChI is InChI=1S/C31H33FN4O5S/c1-22-18-24(28-4-2-3-5-29(28)34-22)21-41-26-10-12-27(13-11-26)42(39,40)33-19-30(31(37)38)36-16-14-35(15-17-36)20-23-6-8-25(32)9-7-23/h2-13,18,30,33H,14-17,19-21H2,1H3,(H,37,38)/p-1. The molecular weight excluding hydrogens is 559 g/mol. The zero-order chi connectivity index (χ0) is 29.7. The molecule has 1 atom stereocenters. The van der Waals surface area contributed by atoms with Gasteiger partial charge in [-0.3, -0.25) is 14.8 Å². The number of aromatic nitrogens is 1. The number of hydrogen-bond acceptors (Lipinski definition) is 8. The fourth-order valence-electron chi connectivity index (χ4n) is 5.10. The molecule has 1 saturated heterocycles. The van der Waals surface area contributed by atoms with Crippen molar-refractivity contribution in [2.75, 3.05) is 32.7 Å². The summed E-state index contributed by atoms with van der Waals surface area (Å²) in [6.07, 6.45) is 0. The maximum absolute atomic E-state index is 13.2. The van der Waals surface area contributed by atoms with E-state index < -0.39 is 22.0 Å². The van der Waals surface area contributed by atoms with Crippen molar-refractivity contribution in [2.24, 2.45) is 0 Å². The quantitative estimate of drug-likeness (QED) is 0.283. The third-order valence-corrected chi connectivity index (χ3v) is 8.80. The van der Waals surface area contributed by atoms with Crippen LogP contribution in [0.1, 0.15) is 16.8 Å². The first-order valence-corrected chi connectivity index (χ1v) is 15.2. The van der Waals surface area contributed by atoms with Crippen LogP contribution in [0.25, 0.3) is 10.9 Å². The second-order valence-corrected chi connectivity index (χ2v) is 12.1. The van der Waals surface area contributed by atoms with Crippen LogP contribution in [-0.4, -0.2) is 67.9 Å². The highest BCUT2D eigenvalue weighted by Crippen LogP contribution is 2.22. The van der Waals surface area contributed by atoms with Crippen molar-refractivity contribution >= 4 is 26.9 Å². The molecule has 1 unspecified atom stereocenters. The van der Waals surface area contributed by atoms with E-state index in [0.29, 0.717) is 45.1 Å². The van der Waals surface area contributed by atoms with Gasteiger partial charge in [-0.1, -0.05) is 30.3 Å². The van der Waals surface area contributed by atoms with Gasteiger partial charge in [0.25, 0.3) is 0 Å².